The predicted molar refractivity (Wildman–Crippen MR) is 95.4 cm³/mol. The minimum atomic E-state index is -0.445. The molecule has 1 aromatic heterocycles. The molecule has 7 nitrogen and oxygen atoms in total. The number of rotatable bonds is 6. The summed E-state index contributed by atoms with van der Waals surface area (Å²) in [5.41, 5.74) is 2.25. The highest BCUT2D eigenvalue weighted by molar-refractivity contribution is 5.93. The lowest BCUT2D eigenvalue weighted by molar-refractivity contribution is -0.386. The third-order valence-corrected chi connectivity index (χ3v) is 4.01. The van der Waals surface area contributed by atoms with Gasteiger partial charge in [0.1, 0.15) is 11.4 Å². The molecular formula is C18H20N4O3. The largest absolute Gasteiger partial charge is 0.313 e. The number of benzene rings is 1. The normalized spacial score (nSPS) is 10.3. The number of terminal acetylenes is 1. The highest BCUT2D eigenvalue weighted by Gasteiger charge is 2.22. The van der Waals surface area contributed by atoms with Crippen LogP contribution in [0.1, 0.15) is 30.3 Å². The number of amides is 1. The van der Waals surface area contributed by atoms with Crippen LogP contribution >= 0.6 is 0 Å². The van der Waals surface area contributed by atoms with E-state index in [4.69, 9.17) is 6.42 Å². The Morgan fingerprint density at radius 3 is 2.72 bits per heavy atom. The molecule has 0 fully saturated rings. The Kier molecular flexibility index (Phi) is 5.55. The lowest BCUT2D eigenvalue weighted by atomic mass is 10.2. The number of carbonyl (C=O) groups is 1. The fourth-order valence-electron chi connectivity index (χ4n) is 2.77. The minimum absolute atomic E-state index is 0.00141. The number of anilines is 1. The summed E-state index contributed by atoms with van der Waals surface area (Å²) >= 11 is 0. The molecule has 0 aliphatic carbocycles. The van der Waals surface area contributed by atoms with Gasteiger partial charge < -0.3 is 4.90 Å². The molecular weight excluding hydrogens is 320 g/mol. The highest BCUT2D eigenvalue weighted by Crippen LogP contribution is 2.22. The van der Waals surface area contributed by atoms with Gasteiger partial charge in [0.25, 0.3) is 0 Å². The van der Waals surface area contributed by atoms with E-state index < -0.39 is 4.92 Å². The van der Waals surface area contributed by atoms with E-state index in [-0.39, 0.29) is 24.6 Å². The summed E-state index contributed by atoms with van der Waals surface area (Å²) in [5.74, 6) is 2.46. The van der Waals surface area contributed by atoms with Crippen LogP contribution in [-0.4, -0.2) is 27.2 Å². The van der Waals surface area contributed by atoms with Gasteiger partial charge in [-0.25, -0.2) is 0 Å². The molecule has 0 atom stereocenters. The summed E-state index contributed by atoms with van der Waals surface area (Å²) in [6.45, 7) is 5.90. The van der Waals surface area contributed by atoms with Gasteiger partial charge in [0.15, 0.2) is 0 Å². The van der Waals surface area contributed by atoms with E-state index in [1.807, 2.05) is 19.1 Å². The summed E-state index contributed by atoms with van der Waals surface area (Å²) < 4.78 is 1.51. The first-order valence-corrected chi connectivity index (χ1v) is 7.94. The maximum absolute atomic E-state index is 12.6. The van der Waals surface area contributed by atoms with Gasteiger partial charge >= 0.3 is 5.69 Å². The van der Waals surface area contributed by atoms with Crippen LogP contribution in [0, 0.1) is 36.3 Å². The number of hydrogen-bond acceptors (Lipinski definition) is 4. The first-order valence-electron chi connectivity index (χ1n) is 7.94. The molecule has 130 valence electrons. The van der Waals surface area contributed by atoms with Crippen molar-refractivity contribution in [2.75, 3.05) is 11.4 Å². The van der Waals surface area contributed by atoms with Crippen molar-refractivity contribution in [2.24, 2.45) is 0 Å². The third kappa shape index (κ3) is 3.86. The van der Waals surface area contributed by atoms with Gasteiger partial charge in [-0.15, -0.1) is 6.42 Å². The van der Waals surface area contributed by atoms with Crippen molar-refractivity contribution in [3.05, 3.63) is 51.3 Å². The van der Waals surface area contributed by atoms with Crippen LogP contribution in [0.25, 0.3) is 0 Å². The van der Waals surface area contributed by atoms with Crippen molar-refractivity contribution < 1.29 is 9.72 Å². The third-order valence-electron chi connectivity index (χ3n) is 4.01. The molecule has 0 spiro atoms. The molecule has 0 aliphatic heterocycles. The Labute approximate surface area is 146 Å². The number of nitrogens with zero attached hydrogens (tertiary/aromatic N) is 4. The quantitative estimate of drug-likeness (QED) is 0.460. The molecule has 1 heterocycles. The Bertz CT molecular complexity index is 848. The molecule has 0 N–H and O–H groups in total. The zero-order chi connectivity index (χ0) is 18.6. The first-order chi connectivity index (χ1) is 11.9. The number of aryl methyl sites for hydroxylation is 2. The summed E-state index contributed by atoms with van der Waals surface area (Å²) in [4.78, 5) is 24.8. The number of carbonyl (C=O) groups excluding carboxylic acids is 1. The SMILES string of the molecule is C#Cc1cccc(N(CC)C(=O)CCn2nc(C)c([N+](=O)[O-])c2C)c1. The Balaban J connectivity index is 2.14. The van der Waals surface area contributed by atoms with Crippen LogP contribution in [0.4, 0.5) is 11.4 Å². The zero-order valence-corrected chi connectivity index (χ0v) is 14.5. The monoisotopic (exact) mass is 340 g/mol. The van der Waals surface area contributed by atoms with Crippen LogP contribution in [0.3, 0.4) is 0 Å². The van der Waals surface area contributed by atoms with Gasteiger partial charge in [0, 0.05) is 24.2 Å². The van der Waals surface area contributed by atoms with Crippen molar-refractivity contribution >= 4 is 17.3 Å². The number of hydrogen-bond donors (Lipinski definition) is 0. The van der Waals surface area contributed by atoms with Crippen LogP contribution in [-0.2, 0) is 11.3 Å². The molecule has 1 amide bonds. The fourth-order valence-corrected chi connectivity index (χ4v) is 2.77. The van der Waals surface area contributed by atoms with E-state index in [1.54, 1.807) is 30.9 Å². The predicted octanol–water partition coefficient (Wildman–Crippen LogP) is 2.83. The van der Waals surface area contributed by atoms with Gasteiger partial charge in [-0.2, -0.15) is 5.10 Å². The smallest absolute Gasteiger partial charge is 0.312 e. The van der Waals surface area contributed by atoms with E-state index in [2.05, 4.69) is 11.0 Å². The molecule has 0 aliphatic rings. The van der Waals surface area contributed by atoms with Gasteiger partial charge in [-0.05, 0) is 39.0 Å². The van der Waals surface area contributed by atoms with Crippen LogP contribution < -0.4 is 4.90 Å². The van der Waals surface area contributed by atoms with Crippen molar-refractivity contribution in [2.45, 2.75) is 33.7 Å². The Hall–Kier alpha value is -3.14. The molecule has 0 bridgehead atoms. The molecule has 0 radical (unpaired) electrons. The lowest BCUT2D eigenvalue weighted by Gasteiger charge is -2.21. The average molecular weight is 340 g/mol. The second-order valence-electron chi connectivity index (χ2n) is 5.58. The summed E-state index contributed by atoms with van der Waals surface area (Å²) in [6.07, 6.45) is 5.60. The second-order valence-corrected chi connectivity index (χ2v) is 5.58. The van der Waals surface area contributed by atoms with Gasteiger partial charge in [-0.1, -0.05) is 12.0 Å². The topological polar surface area (TPSA) is 81.3 Å². The molecule has 0 unspecified atom stereocenters. The maximum atomic E-state index is 12.6. The van der Waals surface area contributed by atoms with Gasteiger partial charge in [-0.3, -0.25) is 19.6 Å². The van der Waals surface area contributed by atoms with Gasteiger partial charge in [0.05, 0.1) is 11.5 Å². The number of nitro groups is 1. The Morgan fingerprint density at radius 2 is 2.16 bits per heavy atom. The molecule has 2 aromatic rings. The summed E-state index contributed by atoms with van der Waals surface area (Å²) in [6, 6.07) is 7.23. The van der Waals surface area contributed by atoms with Crippen LogP contribution in [0.15, 0.2) is 24.3 Å². The van der Waals surface area contributed by atoms with E-state index >= 15 is 0 Å². The van der Waals surface area contributed by atoms with Crippen molar-refractivity contribution in [3.63, 3.8) is 0 Å². The minimum Gasteiger partial charge on any atom is -0.313 e. The van der Waals surface area contributed by atoms with E-state index in [1.165, 1.54) is 4.68 Å². The molecule has 7 heteroatoms. The summed E-state index contributed by atoms with van der Waals surface area (Å²) in [5, 5.41) is 15.2. The molecule has 1 aromatic carbocycles. The van der Waals surface area contributed by atoms with Crippen LogP contribution in [0.2, 0.25) is 0 Å². The van der Waals surface area contributed by atoms with E-state index in [0.717, 1.165) is 5.69 Å². The van der Waals surface area contributed by atoms with Crippen LogP contribution in [0.5, 0.6) is 0 Å². The maximum Gasteiger partial charge on any atom is 0.312 e. The molecule has 0 saturated heterocycles. The first kappa shape index (κ1) is 18.2. The fraction of sp³-hybridized carbons (Fsp3) is 0.333. The highest BCUT2D eigenvalue weighted by atomic mass is 16.6. The Morgan fingerprint density at radius 1 is 1.44 bits per heavy atom. The van der Waals surface area contributed by atoms with E-state index in [9.17, 15) is 14.9 Å². The van der Waals surface area contributed by atoms with Crippen molar-refractivity contribution in [1.29, 1.82) is 0 Å². The van der Waals surface area contributed by atoms with Crippen molar-refractivity contribution in [1.82, 2.24) is 9.78 Å². The molecule has 2 rings (SSSR count). The van der Waals surface area contributed by atoms with E-state index in [0.29, 0.717) is 23.5 Å². The van der Waals surface area contributed by atoms with Crippen molar-refractivity contribution in [3.8, 4) is 12.3 Å². The lowest BCUT2D eigenvalue weighted by Crippen LogP contribution is -2.31. The second kappa shape index (κ2) is 7.62. The molecule has 25 heavy (non-hydrogen) atoms. The van der Waals surface area contributed by atoms with Gasteiger partial charge in [0.2, 0.25) is 5.91 Å². The molecule has 0 saturated carbocycles. The number of aromatic nitrogens is 2. The standard InChI is InChI=1S/C18H20N4O3/c1-5-15-8-7-9-16(12-15)20(6-2)17(23)10-11-21-14(4)18(22(24)25)13(3)19-21/h1,7-9,12H,6,10-11H2,2-4H3. The summed E-state index contributed by atoms with van der Waals surface area (Å²) in [7, 11) is 0. The zero-order valence-electron chi connectivity index (χ0n) is 14.5. The average Bonchev–Trinajstić information content (AvgIpc) is 2.87.